The van der Waals surface area contributed by atoms with Crippen LogP contribution in [0.2, 0.25) is 5.02 Å². The van der Waals surface area contributed by atoms with Gasteiger partial charge >= 0.3 is 0 Å². The summed E-state index contributed by atoms with van der Waals surface area (Å²) in [7, 11) is 2.01. The van der Waals surface area contributed by atoms with Gasteiger partial charge in [-0.15, -0.1) is 0 Å². The predicted molar refractivity (Wildman–Crippen MR) is 65.4 cm³/mol. The second-order valence-electron chi connectivity index (χ2n) is 3.97. The molecule has 1 atom stereocenters. The molecule has 2 N–H and O–H groups in total. The summed E-state index contributed by atoms with van der Waals surface area (Å²) >= 11 is 6.17. The van der Waals surface area contributed by atoms with Crippen molar-refractivity contribution in [3.63, 3.8) is 0 Å². The van der Waals surface area contributed by atoms with Gasteiger partial charge in [0, 0.05) is 18.6 Å². The van der Waals surface area contributed by atoms with Crippen molar-refractivity contribution in [2.75, 3.05) is 6.54 Å². The number of fused-ring (bicyclic) bond motifs is 1. The molecule has 0 saturated heterocycles. The smallest absolute Gasteiger partial charge is 0.0669 e. The molecule has 80 valence electrons. The van der Waals surface area contributed by atoms with Crippen LogP contribution in [0.15, 0.2) is 24.4 Å². The van der Waals surface area contributed by atoms with E-state index in [9.17, 15) is 0 Å². The van der Waals surface area contributed by atoms with Crippen molar-refractivity contribution in [1.29, 1.82) is 0 Å². The highest BCUT2D eigenvalue weighted by atomic mass is 35.5. The molecule has 0 fully saturated rings. The molecule has 2 rings (SSSR count). The number of nitrogens with zero attached hydrogens (tertiary/aromatic N) is 1. The molecule has 1 aromatic carbocycles. The Morgan fingerprint density at radius 3 is 2.87 bits per heavy atom. The number of benzene rings is 1. The predicted octanol–water partition coefficient (Wildman–Crippen LogP) is 2.89. The fourth-order valence-electron chi connectivity index (χ4n) is 1.97. The van der Waals surface area contributed by atoms with Gasteiger partial charge in [0.1, 0.15) is 0 Å². The van der Waals surface area contributed by atoms with E-state index in [0.717, 1.165) is 10.5 Å². The summed E-state index contributed by atoms with van der Waals surface area (Å²) in [6.07, 6.45) is 2.12. The van der Waals surface area contributed by atoms with Gasteiger partial charge in [-0.3, -0.25) is 0 Å². The summed E-state index contributed by atoms with van der Waals surface area (Å²) < 4.78 is 2.07. The maximum absolute atomic E-state index is 6.17. The third-order valence-electron chi connectivity index (χ3n) is 2.87. The highest BCUT2D eigenvalue weighted by Crippen LogP contribution is 2.30. The van der Waals surface area contributed by atoms with Crippen LogP contribution in [0.3, 0.4) is 0 Å². The van der Waals surface area contributed by atoms with E-state index in [1.165, 1.54) is 10.9 Å². The minimum absolute atomic E-state index is 0.368. The zero-order valence-corrected chi connectivity index (χ0v) is 9.75. The molecule has 0 aliphatic heterocycles. The molecule has 0 amide bonds. The van der Waals surface area contributed by atoms with Gasteiger partial charge in [-0.1, -0.05) is 30.7 Å². The van der Waals surface area contributed by atoms with Crippen LogP contribution >= 0.6 is 11.6 Å². The number of halogens is 1. The Labute approximate surface area is 94.6 Å². The maximum Gasteiger partial charge on any atom is 0.0669 e. The van der Waals surface area contributed by atoms with Gasteiger partial charge in [0.2, 0.25) is 0 Å². The molecule has 2 aromatic rings. The monoisotopic (exact) mass is 222 g/mol. The molecule has 1 unspecified atom stereocenters. The van der Waals surface area contributed by atoms with E-state index in [-0.39, 0.29) is 0 Å². The number of hydrogen-bond donors (Lipinski definition) is 1. The van der Waals surface area contributed by atoms with Gasteiger partial charge in [-0.2, -0.15) is 0 Å². The highest BCUT2D eigenvalue weighted by Gasteiger charge is 2.13. The first-order valence-electron chi connectivity index (χ1n) is 5.08. The Balaban J connectivity index is 2.73. The first kappa shape index (κ1) is 10.5. The van der Waals surface area contributed by atoms with E-state index < -0.39 is 0 Å². The Bertz CT molecular complexity index is 488. The van der Waals surface area contributed by atoms with Crippen LogP contribution in [0, 0.1) is 0 Å². The first-order valence-corrected chi connectivity index (χ1v) is 5.46. The number of nitrogens with two attached hydrogens (primary N) is 1. The van der Waals surface area contributed by atoms with E-state index in [1.54, 1.807) is 0 Å². The molecule has 0 spiro atoms. The molecular formula is C12H15ClN2. The molecule has 0 aliphatic rings. The quantitative estimate of drug-likeness (QED) is 0.833. The Kier molecular flexibility index (Phi) is 2.72. The van der Waals surface area contributed by atoms with Gasteiger partial charge in [0.05, 0.1) is 10.5 Å². The standard InChI is InChI=1S/C12H15ClN2/c1-8(6-14)10-7-15(2)12-9(10)4-3-5-11(12)13/h3-5,7-8H,6,14H2,1-2H3. The second kappa shape index (κ2) is 3.87. The minimum atomic E-state index is 0.368. The number of para-hydroxylation sites is 1. The summed E-state index contributed by atoms with van der Waals surface area (Å²) in [6.45, 7) is 2.79. The fraction of sp³-hybridized carbons (Fsp3) is 0.333. The van der Waals surface area contributed by atoms with Crippen LogP contribution in [-0.4, -0.2) is 11.1 Å². The number of aryl methyl sites for hydroxylation is 1. The molecule has 1 aromatic heterocycles. The van der Waals surface area contributed by atoms with Crippen LogP contribution in [0.25, 0.3) is 10.9 Å². The minimum Gasteiger partial charge on any atom is -0.349 e. The maximum atomic E-state index is 6.17. The van der Waals surface area contributed by atoms with Gasteiger partial charge in [0.15, 0.2) is 0 Å². The van der Waals surface area contributed by atoms with Crippen LogP contribution in [0.1, 0.15) is 18.4 Å². The number of rotatable bonds is 2. The topological polar surface area (TPSA) is 30.9 Å². The molecule has 0 saturated carbocycles. The van der Waals surface area contributed by atoms with Crippen molar-refractivity contribution < 1.29 is 0 Å². The van der Waals surface area contributed by atoms with Crippen LogP contribution in [-0.2, 0) is 7.05 Å². The summed E-state index contributed by atoms with van der Waals surface area (Å²) in [5, 5.41) is 2.01. The van der Waals surface area contributed by atoms with Gasteiger partial charge < -0.3 is 10.3 Å². The molecule has 1 heterocycles. The van der Waals surface area contributed by atoms with Crippen LogP contribution in [0.5, 0.6) is 0 Å². The van der Waals surface area contributed by atoms with Crippen molar-refractivity contribution in [3.05, 3.63) is 35.0 Å². The summed E-state index contributed by atoms with van der Waals surface area (Å²) in [4.78, 5) is 0. The summed E-state index contributed by atoms with van der Waals surface area (Å²) in [5.41, 5.74) is 8.07. The second-order valence-corrected chi connectivity index (χ2v) is 4.38. The van der Waals surface area contributed by atoms with E-state index in [0.29, 0.717) is 12.5 Å². The molecular weight excluding hydrogens is 208 g/mol. The zero-order chi connectivity index (χ0) is 11.0. The Hall–Kier alpha value is -0.990. The van der Waals surface area contributed by atoms with Gasteiger partial charge in [-0.05, 0) is 24.1 Å². The molecule has 0 radical (unpaired) electrons. The van der Waals surface area contributed by atoms with E-state index >= 15 is 0 Å². The van der Waals surface area contributed by atoms with E-state index in [2.05, 4.69) is 23.8 Å². The molecule has 2 nitrogen and oxygen atoms in total. The Morgan fingerprint density at radius 1 is 1.47 bits per heavy atom. The Morgan fingerprint density at radius 2 is 2.20 bits per heavy atom. The largest absolute Gasteiger partial charge is 0.349 e. The van der Waals surface area contributed by atoms with Gasteiger partial charge in [0.25, 0.3) is 0 Å². The summed E-state index contributed by atoms with van der Waals surface area (Å²) in [6, 6.07) is 6.00. The number of aromatic nitrogens is 1. The molecule has 3 heteroatoms. The van der Waals surface area contributed by atoms with Crippen molar-refractivity contribution in [3.8, 4) is 0 Å². The normalized spacial score (nSPS) is 13.3. The zero-order valence-electron chi connectivity index (χ0n) is 9.00. The highest BCUT2D eigenvalue weighted by molar-refractivity contribution is 6.35. The van der Waals surface area contributed by atoms with E-state index in [4.69, 9.17) is 17.3 Å². The van der Waals surface area contributed by atoms with Crippen LogP contribution < -0.4 is 5.73 Å². The van der Waals surface area contributed by atoms with Crippen molar-refractivity contribution in [2.45, 2.75) is 12.8 Å². The lowest BCUT2D eigenvalue weighted by Crippen LogP contribution is -2.08. The lowest BCUT2D eigenvalue weighted by Gasteiger charge is -2.06. The molecule has 15 heavy (non-hydrogen) atoms. The molecule has 0 aliphatic carbocycles. The van der Waals surface area contributed by atoms with Crippen molar-refractivity contribution >= 4 is 22.5 Å². The first-order chi connectivity index (χ1) is 7.15. The number of hydrogen-bond acceptors (Lipinski definition) is 1. The SMILES string of the molecule is CC(CN)c1cn(C)c2c(Cl)cccc12. The lowest BCUT2D eigenvalue weighted by atomic mass is 10.0. The fourth-order valence-corrected chi connectivity index (χ4v) is 2.28. The average molecular weight is 223 g/mol. The third-order valence-corrected chi connectivity index (χ3v) is 3.17. The molecule has 0 bridgehead atoms. The van der Waals surface area contributed by atoms with E-state index in [1.807, 2.05) is 19.2 Å². The van der Waals surface area contributed by atoms with Crippen LogP contribution in [0.4, 0.5) is 0 Å². The average Bonchev–Trinajstić information content (AvgIpc) is 2.56. The summed E-state index contributed by atoms with van der Waals surface area (Å²) in [5.74, 6) is 0.368. The van der Waals surface area contributed by atoms with Gasteiger partial charge in [-0.25, -0.2) is 0 Å². The van der Waals surface area contributed by atoms with Crippen molar-refractivity contribution in [2.24, 2.45) is 12.8 Å². The lowest BCUT2D eigenvalue weighted by molar-refractivity contribution is 0.774. The third kappa shape index (κ3) is 1.64. The van der Waals surface area contributed by atoms with Crippen molar-refractivity contribution in [1.82, 2.24) is 4.57 Å².